The van der Waals surface area contributed by atoms with Crippen LogP contribution >= 0.6 is 0 Å². The number of aromatic nitrogens is 2. The third-order valence-electron chi connectivity index (χ3n) is 9.43. The van der Waals surface area contributed by atoms with Crippen LogP contribution in [-0.2, 0) is 30.8 Å². The largest absolute Gasteiger partial charge is 0.486 e. The molecule has 9 heteroatoms. The molecule has 6 rings (SSSR count). The number of fused-ring (bicyclic) bond motifs is 5. The van der Waals surface area contributed by atoms with Gasteiger partial charge in [-0.15, -0.1) is 0 Å². The number of hydrogen-bond acceptors (Lipinski definition) is 6. The minimum atomic E-state index is -0.421. The number of piperazine rings is 1. The van der Waals surface area contributed by atoms with Gasteiger partial charge < -0.3 is 19.9 Å². The maximum Gasteiger partial charge on any atom is 0.354 e. The monoisotopic (exact) mass is 623 g/mol. The van der Waals surface area contributed by atoms with Crippen molar-refractivity contribution >= 4 is 22.6 Å². The molecule has 0 saturated carbocycles. The Bertz CT molecular complexity index is 1920. The highest BCUT2D eigenvalue weighted by Gasteiger charge is 2.33. The predicted octanol–water partition coefficient (Wildman–Crippen LogP) is 5.77. The molecule has 1 aromatic heterocycles. The fourth-order valence-corrected chi connectivity index (χ4v) is 7.17. The number of carbonyl (C=O) groups excluding carboxylic acids is 1. The molecule has 0 bridgehead atoms. The van der Waals surface area contributed by atoms with E-state index in [1.54, 1.807) is 22.5 Å². The minimum Gasteiger partial charge on any atom is -0.486 e. The number of nitrogens with zero attached hydrogens (tertiary/aromatic N) is 4. The third kappa shape index (κ3) is 5.07. The van der Waals surface area contributed by atoms with E-state index in [2.05, 4.69) is 42.8 Å². The highest BCUT2D eigenvalue weighted by Crippen LogP contribution is 2.48. The number of carbonyl (C=O) groups is 1. The number of aryl methyl sites for hydroxylation is 4. The molecule has 3 aromatic carbocycles. The van der Waals surface area contributed by atoms with E-state index in [0.29, 0.717) is 72.8 Å². The van der Waals surface area contributed by atoms with Gasteiger partial charge in [0.15, 0.2) is 5.75 Å². The van der Waals surface area contributed by atoms with Gasteiger partial charge in [-0.1, -0.05) is 44.7 Å². The average molecular weight is 624 g/mol. The molecule has 2 aliphatic rings. The molecule has 0 aliphatic carbocycles. The first-order valence-corrected chi connectivity index (χ1v) is 16.1. The number of amides is 1. The van der Waals surface area contributed by atoms with E-state index in [-0.39, 0.29) is 24.4 Å². The van der Waals surface area contributed by atoms with Crippen molar-refractivity contribution in [1.29, 1.82) is 0 Å². The Morgan fingerprint density at radius 3 is 2.46 bits per heavy atom. The van der Waals surface area contributed by atoms with Crippen molar-refractivity contribution in [2.24, 2.45) is 0 Å². The lowest BCUT2D eigenvalue weighted by Gasteiger charge is -2.40. The normalized spacial score (nSPS) is 15.8. The molecule has 4 aromatic rings. The van der Waals surface area contributed by atoms with E-state index >= 15 is 4.39 Å². The molecule has 1 N–H and O–H groups in total. The molecule has 0 spiro atoms. The second kappa shape index (κ2) is 12.4. The lowest BCUT2D eigenvalue weighted by Crippen LogP contribution is -2.54. The number of halogens is 1. The number of ether oxygens (including phenoxy) is 1. The van der Waals surface area contributed by atoms with Gasteiger partial charge in [0.25, 0.3) is 0 Å². The molecule has 8 nitrogen and oxygen atoms in total. The number of hydrogen-bond donors (Lipinski definition) is 1. The van der Waals surface area contributed by atoms with Crippen molar-refractivity contribution in [2.75, 3.05) is 31.6 Å². The summed E-state index contributed by atoms with van der Waals surface area (Å²) in [4.78, 5) is 35.6. The SMILES string of the molecule is C=CC(=O)N1CCN(c2nc(=O)n(-c3c(CC)cc(CNC)cc3CC)c3c4c(c(C)cc23)-c2c(ccc(C)c2F)CO4)[C@@H](C)C1. The Balaban J connectivity index is 1.71. The Kier molecular flexibility index (Phi) is 8.46. The van der Waals surface area contributed by atoms with Crippen molar-refractivity contribution in [3.63, 3.8) is 0 Å². The van der Waals surface area contributed by atoms with E-state index in [1.165, 1.54) is 6.08 Å². The van der Waals surface area contributed by atoms with Crippen LogP contribution in [0.2, 0.25) is 0 Å². The van der Waals surface area contributed by atoms with Crippen LogP contribution in [0.3, 0.4) is 0 Å². The lowest BCUT2D eigenvalue weighted by molar-refractivity contribution is -0.126. The quantitative estimate of drug-likeness (QED) is 0.264. The van der Waals surface area contributed by atoms with Gasteiger partial charge >= 0.3 is 5.69 Å². The molecule has 1 atom stereocenters. The minimum absolute atomic E-state index is 0.111. The smallest absolute Gasteiger partial charge is 0.354 e. The molecule has 240 valence electrons. The molecule has 2 aliphatic heterocycles. The summed E-state index contributed by atoms with van der Waals surface area (Å²) in [6.45, 7) is 15.9. The van der Waals surface area contributed by atoms with Crippen molar-refractivity contribution in [3.05, 3.63) is 92.7 Å². The molecule has 1 saturated heterocycles. The van der Waals surface area contributed by atoms with Gasteiger partial charge in [-0.05, 0) is 80.6 Å². The molecule has 0 radical (unpaired) electrons. The van der Waals surface area contributed by atoms with Gasteiger partial charge in [0.2, 0.25) is 5.91 Å². The van der Waals surface area contributed by atoms with Gasteiger partial charge in [-0.2, -0.15) is 4.98 Å². The average Bonchev–Trinajstić information content (AvgIpc) is 3.05. The van der Waals surface area contributed by atoms with Crippen molar-refractivity contribution < 1.29 is 13.9 Å². The standard InChI is InChI=1S/C37H42FN5O3/c1-8-25-16-24(18-39-7)17-26(9-2)33(25)43-34-28(36(40-37(43)45)42-14-13-41(19-23(42)6)29(44)10-3)15-22(5)30-31-27(20-46-35(30)34)12-11-21(4)32(31)38/h10-12,15-17,23,39H,3,8-9,13-14,18-20H2,1-2,4-7H3/t23-/m0/s1. The van der Waals surface area contributed by atoms with Gasteiger partial charge in [-0.25, -0.2) is 9.18 Å². The summed E-state index contributed by atoms with van der Waals surface area (Å²) in [5.74, 6) is 0.644. The molecule has 1 fully saturated rings. The van der Waals surface area contributed by atoms with E-state index in [4.69, 9.17) is 9.72 Å². The lowest BCUT2D eigenvalue weighted by atomic mass is 9.89. The van der Waals surface area contributed by atoms with Gasteiger partial charge in [-0.3, -0.25) is 9.36 Å². The molecule has 0 unspecified atom stereocenters. The number of benzene rings is 3. The molecule has 46 heavy (non-hydrogen) atoms. The maximum absolute atomic E-state index is 16.0. The Labute approximate surface area is 269 Å². The summed E-state index contributed by atoms with van der Waals surface area (Å²) >= 11 is 0. The van der Waals surface area contributed by atoms with E-state index in [9.17, 15) is 9.59 Å². The number of rotatable bonds is 7. The zero-order valence-electron chi connectivity index (χ0n) is 27.6. The molecule has 3 heterocycles. The van der Waals surface area contributed by atoms with Gasteiger partial charge in [0, 0.05) is 54.3 Å². The second-order valence-corrected chi connectivity index (χ2v) is 12.4. The Morgan fingerprint density at radius 2 is 1.83 bits per heavy atom. The zero-order valence-corrected chi connectivity index (χ0v) is 27.6. The first-order valence-electron chi connectivity index (χ1n) is 16.1. The number of anilines is 1. The van der Waals surface area contributed by atoms with E-state index in [1.807, 2.05) is 33.0 Å². The molecule has 1 amide bonds. The summed E-state index contributed by atoms with van der Waals surface area (Å²) < 4.78 is 24.2. The predicted molar refractivity (Wildman–Crippen MR) is 182 cm³/mol. The highest BCUT2D eigenvalue weighted by atomic mass is 19.1. The van der Waals surface area contributed by atoms with Gasteiger partial charge in [0.05, 0.1) is 5.69 Å². The van der Waals surface area contributed by atoms with Crippen LogP contribution < -0.4 is 20.6 Å². The Hall–Kier alpha value is -4.50. The maximum atomic E-state index is 16.0. The summed E-state index contributed by atoms with van der Waals surface area (Å²) in [5.41, 5.74) is 7.53. The summed E-state index contributed by atoms with van der Waals surface area (Å²) in [5, 5.41) is 4.00. The van der Waals surface area contributed by atoms with Crippen LogP contribution in [0.1, 0.15) is 54.2 Å². The highest BCUT2D eigenvalue weighted by molar-refractivity contribution is 6.02. The van der Waals surface area contributed by atoms with Gasteiger partial charge in [0.1, 0.15) is 23.8 Å². The van der Waals surface area contributed by atoms with Crippen LogP contribution in [0.5, 0.6) is 5.75 Å². The molecular weight excluding hydrogens is 581 g/mol. The summed E-state index contributed by atoms with van der Waals surface area (Å²) in [6, 6.07) is 9.90. The van der Waals surface area contributed by atoms with Crippen molar-refractivity contribution in [3.8, 4) is 22.6 Å². The first-order chi connectivity index (χ1) is 22.1. The third-order valence-corrected chi connectivity index (χ3v) is 9.43. The second-order valence-electron chi connectivity index (χ2n) is 12.4. The fourth-order valence-electron chi connectivity index (χ4n) is 7.17. The Morgan fingerprint density at radius 1 is 1.11 bits per heavy atom. The number of nitrogens with one attached hydrogen (secondary N) is 1. The van der Waals surface area contributed by atoms with Crippen LogP contribution in [0.25, 0.3) is 27.7 Å². The summed E-state index contributed by atoms with van der Waals surface area (Å²) in [6.07, 6.45) is 2.75. The van der Waals surface area contributed by atoms with Crippen LogP contribution in [-0.4, -0.2) is 53.1 Å². The van der Waals surface area contributed by atoms with Crippen molar-refractivity contribution in [2.45, 2.75) is 66.7 Å². The van der Waals surface area contributed by atoms with E-state index < -0.39 is 5.69 Å². The van der Waals surface area contributed by atoms with Crippen molar-refractivity contribution in [1.82, 2.24) is 19.8 Å². The summed E-state index contributed by atoms with van der Waals surface area (Å²) in [7, 11) is 1.92. The van der Waals surface area contributed by atoms with Crippen LogP contribution in [0.15, 0.2) is 47.8 Å². The topological polar surface area (TPSA) is 79.7 Å². The molecular formula is C37H42FN5O3. The van der Waals surface area contributed by atoms with Crippen LogP contribution in [0.4, 0.5) is 10.2 Å². The van der Waals surface area contributed by atoms with Crippen LogP contribution in [0, 0.1) is 19.7 Å². The first kappa shape index (κ1) is 31.5. The fraction of sp³-hybridized carbons (Fsp3) is 0.378. The zero-order chi connectivity index (χ0) is 32.9. The van der Waals surface area contributed by atoms with E-state index in [0.717, 1.165) is 38.9 Å².